The maximum Gasteiger partial charge on any atom is 0.410 e. The van der Waals surface area contributed by atoms with Crippen LogP contribution < -0.4 is 10.4 Å². The number of piperidine rings is 1. The smallest absolute Gasteiger partial charge is 0.410 e. The summed E-state index contributed by atoms with van der Waals surface area (Å²) >= 11 is 0. The van der Waals surface area contributed by atoms with Crippen molar-refractivity contribution in [2.75, 3.05) is 24.5 Å². The predicted octanol–water partition coefficient (Wildman–Crippen LogP) is 2.24. The molecule has 0 spiro atoms. The maximum absolute atomic E-state index is 12.2. The molecule has 0 aromatic heterocycles. The van der Waals surface area contributed by atoms with Crippen LogP contribution in [0.4, 0.5) is 10.5 Å². The van der Waals surface area contributed by atoms with Gasteiger partial charge in [0, 0.05) is 31.4 Å². The first-order valence-corrected chi connectivity index (χ1v) is 8.46. The minimum Gasteiger partial charge on any atom is -0.444 e. The van der Waals surface area contributed by atoms with Crippen molar-refractivity contribution in [3.63, 3.8) is 0 Å². The molecule has 4 nitrogen and oxygen atoms in total. The van der Waals surface area contributed by atoms with Crippen molar-refractivity contribution in [1.29, 1.82) is 0 Å². The molecule has 1 aromatic carbocycles. The van der Waals surface area contributed by atoms with Crippen molar-refractivity contribution >= 4 is 25.1 Å². The summed E-state index contributed by atoms with van der Waals surface area (Å²) in [5, 5.41) is 0. The molecule has 1 amide bonds. The topological polar surface area (TPSA) is 32.8 Å². The lowest BCUT2D eigenvalue weighted by atomic mass is 9.93. The van der Waals surface area contributed by atoms with Crippen LogP contribution in [0.5, 0.6) is 0 Å². The summed E-state index contributed by atoms with van der Waals surface area (Å²) in [7, 11) is 5.88. The Hall–Kier alpha value is -1.65. The van der Waals surface area contributed by atoms with Crippen LogP contribution in [0.1, 0.15) is 39.2 Å². The highest BCUT2D eigenvalue weighted by Crippen LogP contribution is 2.32. The molecule has 5 heteroatoms. The molecule has 122 valence electrons. The number of likely N-dealkylation sites (tertiary alicyclic amines) is 1. The van der Waals surface area contributed by atoms with Gasteiger partial charge < -0.3 is 14.5 Å². The second kappa shape index (κ2) is 6.10. The van der Waals surface area contributed by atoms with Gasteiger partial charge in [0.2, 0.25) is 0 Å². The zero-order valence-corrected chi connectivity index (χ0v) is 14.3. The third-order valence-electron chi connectivity index (χ3n) is 4.59. The minimum absolute atomic E-state index is 0.189. The molecular formula is C18H25BN2O2. The highest BCUT2D eigenvalue weighted by molar-refractivity contribution is 6.32. The van der Waals surface area contributed by atoms with E-state index in [2.05, 4.69) is 17.0 Å². The first kappa shape index (κ1) is 16.2. The molecule has 1 fully saturated rings. The first-order chi connectivity index (χ1) is 10.8. The maximum atomic E-state index is 12.2. The van der Waals surface area contributed by atoms with Crippen molar-refractivity contribution in [2.24, 2.45) is 0 Å². The number of hydrogen-bond acceptors (Lipinski definition) is 3. The van der Waals surface area contributed by atoms with Gasteiger partial charge in [-0.25, -0.2) is 4.79 Å². The predicted molar refractivity (Wildman–Crippen MR) is 93.7 cm³/mol. The molecule has 2 radical (unpaired) electrons. The van der Waals surface area contributed by atoms with Crippen LogP contribution >= 0.6 is 0 Å². The van der Waals surface area contributed by atoms with Gasteiger partial charge in [-0.05, 0) is 51.7 Å². The minimum atomic E-state index is -0.429. The second-order valence-electron chi connectivity index (χ2n) is 7.53. The number of rotatable bonds is 1. The van der Waals surface area contributed by atoms with Gasteiger partial charge in [0.05, 0.1) is 0 Å². The number of anilines is 1. The van der Waals surface area contributed by atoms with E-state index in [0.717, 1.165) is 44.4 Å². The molecule has 0 saturated carbocycles. The van der Waals surface area contributed by atoms with E-state index in [9.17, 15) is 4.79 Å². The van der Waals surface area contributed by atoms with Crippen LogP contribution in [0.2, 0.25) is 0 Å². The van der Waals surface area contributed by atoms with Crippen LogP contribution in [0.25, 0.3) is 0 Å². The normalized spacial score (nSPS) is 18.9. The molecule has 0 unspecified atom stereocenters. The average Bonchev–Trinajstić information content (AvgIpc) is 2.88. The Morgan fingerprint density at radius 2 is 1.91 bits per heavy atom. The van der Waals surface area contributed by atoms with Gasteiger partial charge in [0.15, 0.2) is 0 Å². The van der Waals surface area contributed by atoms with Crippen molar-refractivity contribution in [3.05, 3.63) is 23.8 Å². The molecule has 1 aromatic rings. The summed E-state index contributed by atoms with van der Waals surface area (Å²) in [4.78, 5) is 16.5. The zero-order valence-electron chi connectivity index (χ0n) is 14.3. The van der Waals surface area contributed by atoms with Gasteiger partial charge in [-0.1, -0.05) is 17.6 Å². The van der Waals surface area contributed by atoms with E-state index in [-0.39, 0.29) is 6.09 Å². The van der Waals surface area contributed by atoms with Crippen molar-refractivity contribution in [2.45, 2.75) is 51.7 Å². The molecule has 1 saturated heterocycles. The van der Waals surface area contributed by atoms with Crippen molar-refractivity contribution in [3.8, 4) is 0 Å². The molecule has 3 rings (SSSR count). The highest BCUT2D eigenvalue weighted by Gasteiger charge is 2.32. The third-order valence-corrected chi connectivity index (χ3v) is 4.59. The van der Waals surface area contributed by atoms with Gasteiger partial charge in [0.1, 0.15) is 13.4 Å². The van der Waals surface area contributed by atoms with Gasteiger partial charge in [-0.2, -0.15) is 0 Å². The van der Waals surface area contributed by atoms with E-state index < -0.39 is 5.60 Å². The lowest BCUT2D eigenvalue weighted by Gasteiger charge is -2.38. The van der Waals surface area contributed by atoms with Crippen LogP contribution in [0, 0.1) is 0 Å². The van der Waals surface area contributed by atoms with Crippen LogP contribution in [-0.4, -0.2) is 50.1 Å². The molecule has 2 aliphatic heterocycles. The first-order valence-electron chi connectivity index (χ1n) is 8.46. The Kier molecular flexibility index (Phi) is 4.30. The summed E-state index contributed by atoms with van der Waals surface area (Å²) < 4.78 is 5.47. The summed E-state index contributed by atoms with van der Waals surface area (Å²) in [6.45, 7) is 8.30. The number of fused-ring (bicyclic) bond motifs is 1. The van der Waals surface area contributed by atoms with Crippen LogP contribution in [0.3, 0.4) is 0 Å². The van der Waals surface area contributed by atoms with Crippen molar-refractivity contribution < 1.29 is 9.53 Å². The SMILES string of the molecule is [B]c1ccc2c(c1)CCN2C1CCN(C(=O)OC(C)(C)C)CC1. The Morgan fingerprint density at radius 3 is 2.57 bits per heavy atom. The van der Waals surface area contributed by atoms with E-state index >= 15 is 0 Å². The van der Waals surface area contributed by atoms with Gasteiger partial charge in [-0.3, -0.25) is 0 Å². The van der Waals surface area contributed by atoms with E-state index in [1.54, 1.807) is 0 Å². The standard InChI is InChI=1S/C18H25BN2O2/c1-18(2,3)23-17(22)20-9-7-15(8-10-20)21-11-6-13-12-14(19)4-5-16(13)21/h4-5,12,15H,6-11H2,1-3H3. The lowest BCUT2D eigenvalue weighted by Crippen LogP contribution is -2.47. The van der Waals surface area contributed by atoms with E-state index in [1.165, 1.54) is 11.3 Å². The molecule has 0 aliphatic carbocycles. The fourth-order valence-corrected chi connectivity index (χ4v) is 3.51. The Labute approximate surface area is 140 Å². The van der Waals surface area contributed by atoms with Gasteiger partial charge in [0.25, 0.3) is 0 Å². The average molecular weight is 312 g/mol. The van der Waals surface area contributed by atoms with Crippen LogP contribution in [-0.2, 0) is 11.2 Å². The molecule has 23 heavy (non-hydrogen) atoms. The lowest BCUT2D eigenvalue weighted by molar-refractivity contribution is 0.0205. The number of benzene rings is 1. The number of carbonyl (C=O) groups excluding carboxylic acids is 1. The van der Waals surface area contributed by atoms with E-state index in [4.69, 9.17) is 12.6 Å². The van der Waals surface area contributed by atoms with E-state index in [1.807, 2.05) is 31.7 Å². The molecular weight excluding hydrogens is 287 g/mol. The Morgan fingerprint density at radius 1 is 1.22 bits per heavy atom. The summed E-state index contributed by atoms with van der Waals surface area (Å²) in [5.41, 5.74) is 3.07. The number of amides is 1. The molecule has 2 aliphatic rings. The highest BCUT2D eigenvalue weighted by atomic mass is 16.6. The molecule has 0 N–H and O–H groups in total. The summed E-state index contributed by atoms with van der Waals surface area (Å²) in [6, 6.07) is 6.70. The van der Waals surface area contributed by atoms with Crippen LogP contribution in [0.15, 0.2) is 18.2 Å². The number of ether oxygens (including phenoxy) is 1. The second-order valence-corrected chi connectivity index (χ2v) is 7.53. The fraction of sp³-hybridized carbons (Fsp3) is 0.611. The molecule has 0 bridgehead atoms. The number of hydrogen-bond donors (Lipinski definition) is 0. The fourth-order valence-electron chi connectivity index (χ4n) is 3.51. The Bertz CT molecular complexity index is 589. The number of carbonyl (C=O) groups is 1. The monoisotopic (exact) mass is 312 g/mol. The summed E-state index contributed by atoms with van der Waals surface area (Å²) in [6.07, 6.45) is 2.85. The molecule has 2 heterocycles. The van der Waals surface area contributed by atoms with Gasteiger partial charge in [-0.15, -0.1) is 0 Å². The van der Waals surface area contributed by atoms with Gasteiger partial charge >= 0.3 is 6.09 Å². The number of nitrogens with zero attached hydrogens (tertiary/aromatic N) is 2. The molecule has 0 atom stereocenters. The van der Waals surface area contributed by atoms with Crippen molar-refractivity contribution in [1.82, 2.24) is 4.90 Å². The zero-order chi connectivity index (χ0) is 16.6. The largest absolute Gasteiger partial charge is 0.444 e. The van der Waals surface area contributed by atoms with E-state index in [0.29, 0.717) is 6.04 Å². The third kappa shape index (κ3) is 3.65. The summed E-state index contributed by atoms with van der Waals surface area (Å²) in [5.74, 6) is 0. The quantitative estimate of drug-likeness (QED) is 0.746. The Balaban J connectivity index is 1.59.